The zero-order chi connectivity index (χ0) is 12.6. The molecule has 2 nitrogen and oxygen atoms in total. The molecular formula is C13H18Cl2N2. The summed E-state index contributed by atoms with van der Waals surface area (Å²) in [6, 6.07) is 6.39. The molecule has 94 valence electrons. The third kappa shape index (κ3) is 2.70. The van der Waals surface area contributed by atoms with Gasteiger partial charge in [-0.2, -0.15) is 0 Å². The molecular weight excluding hydrogens is 255 g/mol. The van der Waals surface area contributed by atoms with E-state index in [-0.39, 0.29) is 6.04 Å². The summed E-state index contributed by atoms with van der Waals surface area (Å²) in [5.74, 6) is 0.474. The summed E-state index contributed by atoms with van der Waals surface area (Å²) >= 11 is 12.1. The van der Waals surface area contributed by atoms with Crippen LogP contribution in [0.1, 0.15) is 20.3 Å². The minimum absolute atomic E-state index is 0.288. The summed E-state index contributed by atoms with van der Waals surface area (Å²) in [7, 11) is 0. The van der Waals surface area contributed by atoms with E-state index in [1.54, 1.807) is 6.07 Å². The van der Waals surface area contributed by atoms with Gasteiger partial charge in [-0.05, 0) is 37.5 Å². The van der Waals surface area contributed by atoms with Crippen molar-refractivity contribution in [1.82, 2.24) is 0 Å². The van der Waals surface area contributed by atoms with Crippen LogP contribution in [-0.4, -0.2) is 18.6 Å². The van der Waals surface area contributed by atoms with E-state index < -0.39 is 0 Å². The van der Waals surface area contributed by atoms with Crippen LogP contribution in [0.4, 0.5) is 5.69 Å². The molecule has 1 fully saturated rings. The van der Waals surface area contributed by atoms with Gasteiger partial charge in [0.05, 0.1) is 0 Å². The second kappa shape index (κ2) is 5.05. The summed E-state index contributed by atoms with van der Waals surface area (Å²) in [5, 5.41) is 1.37. The monoisotopic (exact) mass is 272 g/mol. The average Bonchev–Trinajstić information content (AvgIpc) is 2.24. The largest absolute Gasteiger partial charge is 0.368 e. The van der Waals surface area contributed by atoms with E-state index in [0.29, 0.717) is 22.0 Å². The SMILES string of the molecule is CC1C(N)CCN(c2cc(Cl)cc(Cl)c2)C1C. The third-order valence-electron chi connectivity index (χ3n) is 3.81. The predicted octanol–water partition coefficient (Wildman–Crippen LogP) is 3.56. The van der Waals surface area contributed by atoms with Crippen molar-refractivity contribution in [3.63, 3.8) is 0 Å². The van der Waals surface area contributed by atoms with Gasteiger partial charge in [-0.15, -0.1) is 0 Å². The van der Waals surface area contributed by atoms with Crippen LogP contribution >= 0.6 is 23.2 Å². The molecule has 0 aliphatic carbocycles. The van der Waals surface area contributed by atoms with Gasteiger partial charge in [-0.3, -0.25) is 0 Å². The molecule has 0 bridgehead atoms. The molecule has 0 saturated carbocycles. The lowest BCUT2D eigenvalue weighted by molar-refractivity contribution is 0.315. The minimum Gasteiger partial charge on any atom is -0.368 e. The Bertz CT molecular complexity index is 388. The molecule has 1 saturated heterocycles. The lowest BCUT2D eigenvalue weighted by atomic mass is 9.87. The van der Waals surface area contributed by atoms with Crippen LogP contribution in [-0.2, 0) is 0 Å². The lowest BCUT2D eigenvalue weighted by Gasteiger charge is -2.43. The highest BCUT2D eigenvalue weighted by Gasteiger charge is 2.30. The maximum absolute atomic E-state index is 6.09. The van der Waals surface area contributed by atoms with Crippen molar-refractivity contribution < 1.29 is 0 Å². The number of nitrogens with two attached hydrogens (primary N) is 1. The zero-order valence-electron chi connectivity index (χ0n) is 10.2. The van der Waals surface area contributed by atoms with Gasteiger partial charge in [-0.25, -0.2) is 0 Å². The zero-order valence-corrected chi connectivity index (χ0v) is 11.7. The maximum Gasteiger partial charge on any atom is 0.0441 e. The number of nitrogens with zero attached hydrogens (tertiary/aromatic N) is 1. The highest BCUT2D eigenvalue weighted by Crippen LogP contribution is 2.31. The van der Waals surface area contributed by atoms with Crippen molar-refractivity contribution in [3.8, 4) is 0 Å². The van der Waals surface area contributed by atoms with Gasteiger partial charge in [0.1, 0.15) is 0 Å². The Morgan fingerprint density at radius 3 is 2.35 bits per heavy atom. The van der Waals surface area contributed by atoms with E-state index >= 15 is 0 Å². The smallest absolute Gasteiger partial charge is 0.0441 e. The number of anilines is 1. The Labute approximate surface area is 113 Å². The molecule has 1 aliphatic rings. The van der Waals surface area contributed by atoms with E-state index in [4.69, 9.17) is 28.9 Å². The van der Waals surface area contributed by atoms with Crippen LogP contribution < -0.4 is 10.6 Å². The van der Waals surface area contributed by atoms with Crippen molar-refractivity contribution >= 4 is 28.9 Å². The van der Waals surface area contributed by atoms with Gasteiger partial charge in [0.25, 0.3) is 0 Å². The van der Waals surface area contributed by atoms with Gasteiger partial charge in [0.2, 0.25) is 0 Å². The first-order chi connectivity index (χ1) is 7.99. The fourth-order valence-corrected chi connectivity index (χ4v) is 2.98. The molecule has 1 aromatic carbocycles. The predicted molar refractivity (Wildman–Crippen MR) is 75.0 cm³/mol. The van der Waals surface area contributed by atoms with Crippen molar-refractivity contribution in [2.45, 2.75) is 32.4 Å². The molecule has 0 radical (unpaired) electrons. The Morgan fingerprint density at radius 1 is 1.18 bits per heavy atom. The van der Waals surface area contributed by atoms with Crippen LogP contribution in [0.25, 0.3) is 0 Å². The van der Waals surface area contributed by atoms with Crippen LogP contribution in [0.15, 0.2) is 18.2 Å². The first-order valence-corrected chi connectivity index (χ1v) is 6.73. The number of halogens is 2. The second-order valence-electron chi connectivity index (χ2n) is 4.87. The molecule has 17 heavy (non-hydrogen) atoms. The van der Waals surface area contributed by atoms with E-state index in [1.807, 2.05) is 12.1 Å². The van der Waals surface area contributed by atoms with E-state index in [1.165, 1.54) is 0 Å². The van der Waals surface area contributed by atoms with Gasteiger partial charge < -0.3 is 10.6 Å². The Balaban J connectivity index is 2.27. The van der Waals surface area contributed by atoms with Crippen LogP contribution in [0.2, 0.25) is 10.0 Å². The average molecular weight is 273 g/mol. The molecule has 0 amide bonds. The first-order valence-electron chi connectivity index (χ1n) is 5.97. The quantitative estimate of drug-likeness (QED) is 0.847. The first kappa shape index (κ1) is 13.0. The maximum atomic E-state index is 6.09. The minimum atomic E-state index is 0.288. The summed E-state index contributed by atoms with van der Waals surface area (Å²) in [5.41, 5.74) is 7.18. The number of hydrogen-bond donors (Lipinski definition) is 1. The highest BCUT2D eigenvalue weighted by atomic mass is 35.5. The molecule has 3 unspecified atom stereocenters. The van der Waals surface area contributed by atoms with Gasteiger partial charge in [-0.1, -0.05) is 30.1 Å². The summed E-state index contributed by atoms with van der Waals surface area (Å²) in [6.45, 7) is 5.37. The third-order valence-corrected chi connectivity index (χ3v) is 4.25. The van der Waals surface area contributed by atoms with Crippen molar-refractivity contribution in [2.75, 3.05) is 11.4 Å². The topological polar surface area (TPSA) is 29.3 Å². The summed E-state index contributed by atoms with van der Waals surface area (Å²) in [4.78, 5) is 2.34. The number of hydrogen-bond acceptors (Lipinski definition) is 2. The van der Waals surface area contributed by atoms with Gasteiger partial charge in [0, 0.05) is 34.4 Å². The van der Waals surface area contributed by atoms with Crippen molar-refractivity contribution in [1.29, 1.82) is 0 Å². The molecule has 4 heteroatoms. The Morgan fingerprint density at radius 2 is 1.76 bits per heavy atom. The molecule has 2 N–H and O–H groups in total. The van der Waals surface area contributed by atoms with Crippen LogP contribution in [0.5, 0.6) is 0 Å². The second-order valence-corrected chi connectivity index (χ2v) is 5.75. The molecule has 3 atom stereocenters. The van der Waals surface area contributed by atoms with E-state index in [2.05, 4.69) is 18.7 Å². The molecule has 1 aliphatic heterocycles. The van der Waals surface area contributed by atoms with E-state index in [0.717, 1.165) is 18.7 Å². The number of rotatable bonds is 1. The summed E-state index contributed by atoms with van der Waals surface area (Å²) < 4.78 is 0. The molecule has 0 spiro atoms. The van der Waals surface area contributed by atoms with Gasteiger partial charge in [0.15, 0.2) is 0 Å². The van der Waals surface area contributed by atoms with Crippen molar-refractivity contribution in [2.24, 2.45) is 11.7 Å². The number of piperidine rings is 1. The Hall–Kier alpha value is -0.440. The van der Waals surface area contributed by atoms with E-state index in [9.17, 15) is 0 Å². The fourth-order valence-electron chi connectivity index (χ4n) is 2.47. The normalized spacial score (nSPS) is 29.5. The van der Waals surface area contributed by atoms with Crippen molar-refractivity contribution in [3.05, 3.63) is 28.2 Å². The molecule has 1 heterocycles. The van der Waals surface area contributed by atoms with Gasteiger partial charge >= 0.3 is 0 Å². The van der Waals surface area contributed by atoms with Crippen LogP contribution in [0.3, 0.4) is 0 Å². The lowest BCUT2D eigenvalue weighted by Crippen LogP contribution is -2.51. The summed E-state index contributed by atoms with van der Waals surface area (Å²) in [6.07, 6.45) is 1.01. The van der Waals surface area contributed by atoms with Crippen LogP contribution in [0, 0.1) is 5.92 Å². The fraction of sp³-hybridized carbons (Fsp3) is 0.538. The molecule has 0 aromatic heterocycles. The number of benzene rings is 1. The highest BCUT2D eigenvalue weighted by molar-refractivity contribution is 6.35. The molecule has 1 aromatic rings. The standard InChI is InChI=1S/C13H18Cl2N2/c1-8-9(2)17(4-3-13(8)16)12-6-10(14)5-11(15)7-12/h5-9,13H,3-4,16H2,1-2H3. The molecule has 2 rings (SSSR count). The Kier molecular flexibility index (Phi) is 3.86.